The number of para-hydroxylation sites is 1. The van der Waals surface area contributed by atoms with Crippen molar-refractivity contribution in [3.8, 4) is 11.1 Å². The maximum atomic E-state index is 11.3. The molecule has 0 atom stereocenters. The molecule has 1 aliphatic rings. The van der Waals surface area contributed by atoms with Gasteiger partial charge in [0.15, 0.2) is 0 Å². The van der Waals surface area contributed by atoms with E-state index in [9.17, 15) is 4.79 Å². The highest BCUT2D eigenvalue weighted by atomic mass is 16.1. The maximum Gasteiger partial charge on any atom is 0.133 e. The third kappa shape index (κ3) is 2.90. The first-order chi connectivity index (χ1) is 9.83. The molecule has 2 nitrogen and oxygen atoms in total. The molecule has 2 aromatic carbocycles. The minimum atomic E-state index is 0.402. The SMILES string of the molecule is O=C1CCC(Nc2ccccc2-c2ccccc2)CC1. The number of hydrogen-bond acceptors (Lipinski definition) is 2. The number of anilines is 1. The molecule has 2 aromatic rings. The van der Waals surface area contributed by atoms with Crippen LogP contribution in [-0.2, 0) is 4.79 Å². The first-order valence-electron chi connectivity index (χ1n) is 7.25. The number of nitrogens with one attached hydrogen (secondary N) is 1. The van der Waals surface area contributed by atoms with Crippen LogP contribution in [0.2, 0.25) is 0 Å². The Morgan fingerprint density at radius 3 is 2.25 bits per heavy atom. The summed E-state index contributed by atoms with van der Waals surface area (Å²) in [6.45, 7) is 0. The van der Waals surface area contributed by atoms with Gasteiger partial charge in [0.2, 0.25) is 0 Å². The smallest absolute Gasteiger partial charge is 0.133 e. The van der Waals surface area contributed by atoms with Crippen molar-refractivity contribution in [3.05, 3.63) is 54.6 Å². The van der Waals surface area contributed by atoms with E-state index in [4.69, 9.17) is 0 Å². The molecule has 1 fully saturated rings. The fraction of sp³-hybridized carbons (Fsp3) is 0.278. The van der Waals surface area contributed by atoms with Crippen molar-refractivity contribution in [1.82, 2.24) is 0 Å². The van der Waals surface area contributed by atoms with Crippen molar-refractivity contribution < 1.29 is 4.79 Å². The van der Waals surface area contributed by atoms with Crippen LogP contribution >= 0.6 is 0 Å². The Labute approximate surface area is 119 Å². The zero-order chi connectivity index (χ0) is 13.8. The molecule has 0 saturated heterocycles. The van der Waals surface area contributed by atoms with Gasteiger partial charge in [0.1, 0.15) is 5.78 Å². The van der Waals surface area contributed by atoms with Crippen molar-refractivity contribution in [3.63, 3.8) is 0 Å². The van der Waals surface area contributed by atoms with E-state index in [2.05, 4.69) is 53.8 Å². The number of hydrogen-bond donors (Lipinski definition) is 1. The number of rotatable bonds is 3. The third-order valence-electron chi connectivity index (χ3n) is 3.91. The van der Waals surface area contributed by atoms with E-state index in [1.807, 2.05) is 6.07 Å². The fourth-order valence-electron chi connectivity index (χ4n) is 2.78. The predicted molar refractivity (Wildman–Crippen MR) is 82.8 cm³/mol. The van der Waals surface area contributed by atoms with Crippen LogP contribution in [0.3, 0.4) is 0 Å². The molecule has 0 spiro atoms. The van der Waals surface area contributed by atoms with Gasteiger partial charge in [0, 0.05) is 30.1 Å². The Balaban J connectivity index is 1.82. The zero-order valence-corrected chi connectivity index (χ0v) is 11.5. The van der Waals surface area contributed by atoms with Crippen molar-refractivity contribution in [1.29, 1.82) is 0 Å². The predicted octanol–water partition coefficient (Wildman–Crippen LogP) is 4.28. The van der Waals surface area contributed by atoms with Gasteiger partial charge < -0.3 is 5.32 Å². The van der Waals surface area contributed by atoms with Crippen LogP contribution in [0.25, 0.3) is 11.1 Å². The van der Waals surface area contributed by atoms with E-state index in [-0.39, 0.29) is 0 Å². The van der Waals surface area contributed by atoms with Crippen LogP contribution in [0.4, 0.5) is 5.69 Å². The molecule has 0 radical (unpaired) electrons. The standard InChI is InChI=1S/C18H19NO/c20-16-12-10-15(11-13-16)19-18-9-5-4-8-17(18)14-6-2-1-3-7-14/h1-9,15,19H,10-13H2. The van der Waals surface area contributed by atoms with Gasteiger partial charge in [-0.25, -0.2) is 0 Å². The largest absolute Gasteiger partial charge is 0.382 e. The topological polar surface area (TPSA) is 29.1 Å². The van der Waals surface area contributed by atoms with Gasteiger partial charge in [0.25, 0.3) is 0 Å². The molecule has 0 unspecified atom stereocenters. The summed E-state index contributed by atoms with van der Waals surface area (Å²) in [5, 5.41) is 3.62. The average Bonchev–Trinajstić information content (AvgIpc) is 2.51. The Morgan fingerprint density at radius 2 is 1.50 bits per heavy atom. The second kappa shape index (κ2) is 5.91. The van der Waals surface area contributed by atoms with Crippen molar-refractivity contribution in [2.75, 3.05) is 5.32 Å². The maximum absolute atomic E-state index is 11.3. The summed E-state index contributed by atoms with van der Waals surface area (Å²) in [6, 6.07) is 19.2. The summed E-state index contributed by atoms with van der Waals surface area (Å²) in [5.74, 6) is 0.402. The Hall–Kier alpha value is -2.09. The zero-order valence-electron chi connectivity index (χ0n) is 11.5. The van der Waals surface area contributed by atoms with Crippen LogP contribution < -0.4 is 5.32 Å². The molecule has 1 saturated carbocycles. The van der Waals surface area contributed by atoms with E-state index >= 15 is 0 Å². The molecule has 20 heavy (non-hydrogen) atoms. The van der Waals surface area contributed by atoms with Gasteiger partial charge in [-0.3, -0.25) is 4.79 Å². The molecule has 0 heterocycles. The summed E-state index contributed by atoms with van der Waals surface area (Å²) in [7, 11) is 0. The number of carbonyl (C=O) groups is 1. The molecule has 102 valence electrons. The molecule has 3 rings (SSSR count). The Kier molecular flexibility index (Phi) is 3.82. The first kappa shape index (κ1) is 12.9. The van der Waals surface area contributed by atoms with Crippen molar-refractivity contribution in [2.45, 2.75) is 31.7 Å². The van der Waals surface area contributed by atoms with Gasteiger partial charge in [-0.1, -0.05) is 48.5 Å². The Morgan fingerprint density at radius 1 is 0.850 bits per heavy atom. The highest BCUT2D eigenvalue weighted by Gasteiger charge is 2.19. The summed E-state index contributed by atoms with van der Waals surface area (Å²) in [6.07, 6.45) is 3.32. The second-order valence-electron chi connectivity index (χ2n) is 5.37. The van der Waals surface area contributed by atoms with Crippen molar-refractivity contribution in [2.24, 2.45) is 0 Å². The van der Waals surface area contributed by atoms with Gasteiger partial charge in [0.05, 0.1) is 0 Å². The summed E-state index contributed by atoms with van der Waals surface area (Å²) in [4.78, 5) is 11.3. The van der Waals surface area contributed by atoms with E-state index in [0.29, 0.717) is 24.7 Å². The van der Waals surface area contributed by atoms with Gasteiger partial charge in [-0.05, 0) is 24.5 Å². The number of ketones is 1. The van der Waals surface area contributed by atoms with Crippen LogP contribution in [-0.4, -0.2) is 11.8 Å². The van der Waals surface area contributed by atoms with Crippen LogP contribution in [0, 0.1) is 0 Å². The van der Waals surface area contributed by atoms with E-state index < -0.39 is 0 Å². The molecule has 2 heteroatoms. The van der Waals surface area contributed by atoms with Gasteiger partial charge in [-0.2, -0.15) is 0 Å². The first-order valence-corrected chi connectivity index (χ1v) is 7.25. The van der Waals surface area contributed by atoms with Gasteiger partial charge >= 0.3 is 0 Å². The molecular formula is C18H19NO. The number of carbonyl (C=O) groups excluding carboxylic acids is 1. The molecule has 0 aliphatic heterocycles. The van der Waals surface area contributed by atoms with Crippen LogP contribution in [0.5, 0.6) is 0 Å². The quantitative estimate of drug-likeness (QED) is 0.897. The van der Waals surface area contributed by atoms with E-state index in [0.717, 1.165) is 18.5 Å². The summed E-state index contributed by atoms with van der Waals surface area (Å²) >= 11 is 0. The molecule has 1 aliphatic carbocycles. The van der Waals surface area contributed by atoms with E-state index in [1.54, 1.807) is 0 Å². The second-order valence-corrected chi connectivity index (χ2v) is 5.37. The van der Waals surface area contributed by atoms with Crippen LogP contribution in [0.1, 0.15) is 25.7 Å². The highest BCUT2D eigenvalue weighted by Crippen LogP contribution is 2.29. The molecule has 0 aromatic heterocycles. The molecule has 0 bridgehead atoms. The summed E-state index contributed by atoms with van der Waals surface area (Å²) in [5.41, 5.74) is 3.62. The van der Waals surface area contributed by atoms with E-state index in [1.165, 1.54) is 11.1 Å². The molecular weight excluding hydrogens is 246 g/mol. The number of Topliss-reactive ketones (excluding diaryl/α,β-unsaturated/α-hetero) is 1. The number of benzene rings is 2. The minimum absolute atomic E-state index is 0.402. The third-order valence-corrected chi connectivity index (χ3v) is 3.91. The average molecular weight is 265 g/mol. The highest BCUT2D eigenvalue weighted by molar-refractivity contribution is 5.80. The molecule has 1 N–H and O–H groups in total. The van der Waals surface area contributed by atoms with Crippen LogP contribution in [0.15, 0.2) is 54.6 Å². The van der Waals surface area contributed by atoms with Crippen molar-refractivity contribution >= 4 is 11.5 Å². The van der Waals surface area contributed by atoms with Gasteiger partial charge in [-0.15, -0.1) is 0 Å². The monoisotopic (exact) mass is 265 g/mol. The lowest BCUT2D eigenvalue weighted by Gasteiger charge is -2.24. The normalized spacial score (nSPS) is 16.1. The lowest BCUT2D eigenvalue weighted by Crippen LogP contribution is -2.26. The fourth-order valence-corrected chi connectivity index (χ4v) is 2.78. The Bertz CT molecular complexity index is 581. The molecule has 0 amide bonds. The minimum Gasteiger partial charge on any atom is -0.382 e. The summed E-state index contributed by atoms with van der Waals surface area (Å²) < 4.78 is 0. The lowest BCUT2D eigenvalue weighted by atomic mass is 9.93. The lowest BCUT2D eigenvalue weighted by molar-refractivity contribution is -0.120.